The van der Waals surface area contributed by atoms with E-state index in [0.29, 0.717) is 0 Å². The summed E-state index contributed by atoms with van der Waals surface area (Å²) in [7, 11) is 5.55. The molecule has 0 unspecified atom stereocenters. The Kier molecular flexibility index (Phi) is 6.29. The second-order valence-electron chi connectivity index (χ2n) is 5.50. The van der Waals surface area contributed by atoms with Crippen LogP contribution in [-0.2, 0) is 6.54 Å². The SMILES string of the molecule is COc1ccc(CNCCN2CCN(C)CC2)c(OC)c1. The van der Waals surface area contributed by atoms with Crippen LogP contribution in [0.5, 0.6) is 11.5 Å². The van der Waals surface area contributed by atoms with Crippen molar-refractivity contribution in [2.45, 2.75) is 6.54 Å². The summed E-state index contributed by atoms with van der Waals surface area (Å²) in [6.07, 6.45) is 0. The van der Waals surface area contributed by atoms with Crippen LogP contribution >= 0.6 is 0 Å². The van der Waals surface area contributed by atoms with Crippen molar-refractivity contribution >= 4 is 0 Å². The van der Waals surface area contributed by atoms with E-state index < -0.39 is 0 Å². The lowest BCUT2D eigenvalue weighted by atomic mass is 10.2. The van der Waals surface area contributed by atoms with Crippen molar-refractivity contribution in [3.8, 4) is 11.5 Å². The van der Waals surface area contributed by atoms with Gasteiger partial charge in [0, 0.05) is 57.4 Å². The monoisotopic (exact) mass is 293 g/mol. The molecule has 21 heavy (non-hydrogen) atoms. The predicted molar refractivity (Wildman–Crippen MR) is 85.2 cm³/mol. The predicted octanol–water partition coefficient (Wildman–Crippen LogP) is 1.04. The first kappa shape index (κ1) is 16.1. The van der Waals surface area contributed by atoms with Crippen LogP contribution in [0.25, 0.3) is 0 Å². The fourth-order valence-electron chi connectivity index (χ4n) is 2.53. The van der Waals surface area contributed by atoms with E-state index in [1.807, 2.05) is 12.1 Å². The number of piperazine rings is 1. The van der Waals surface area contributed by atoms with Crippen LogP contribution in [0, 0.1) is 0 Å². The summed E-state index contributed by atoms with van der Waals surface area (Å²) in [4.78, 5) is 4.89. The van der Waals surface area contributed by atoms with Crippen LogP contribution in [0.2, 0.25) is 0 Å². The third-order valence-corrected chi connectivity index (χ3v) is 4.01. The van der Waals surface area contributed by atoms with Crippen molar-refractivity contribution < 1.29 is 9.47 Å². The van der Waals surface area contributed by atoms with Crippen molar-refractivity contribution in [2.24, 2.45) is 0 Å². The van der Waals surface area contributed by atoms with Crippen LogP contribution < -0.4 is 14.8 Å². The Bertz CT molecular complexity index is 432. The Balaban J connectivity index is 1.73. The Labute approximate surface area is 127 Å². The summed E-state index contributed by atoms with van der Waals surface area (Å²) < 4.78 is 10.6. The van der Waals surface area contributed by atoms with Gasteiger partial charge >= 0.3 is 0 Å². The largest absolute Gasteiger partial charge is 0.497 e. The summed E-state index contributed by atoms with van der Waals surface area (Å²) in [6, 6.07) is 5.96. The lowest BCUT2D eigenvalue weighted by molar-refractivity contribution is 0.154. The van der Waals surface area contributed by atoms with Crippen molar-refractivity contribution in [1.82, 2.24) is 15.1 Å². The van der Waals surface area contributed by atoms with Crippen molar-refractivity contribution in [1.29, 1.82) is 0 Å². The molecule has 5 nitrogen and oxygen atoms in total. The molecule has 1 aromatic rings. The molecule has 1 fully saturated rings. The fraction of sp³-hybridized carbons (Fsp3) is 0.625. The molecule has 1 aromatic carbocycles. The molecular formula is C16H27N3O2. The lowest BCUT2D eigenvalue weighted by Gasteiger charge is -2.32. The highest BCUT2D eigenvalue weighted by Gasteiger charge is 2.12. The Morgan fingerprint density at radius 1 is 1.10 bits per heavy atom. The van der Waals surface area contributed by atoms with Crippen LogP contribution in [0.1, 0.15) is 5.56 Å². The van der Waals surface area contributed by atoms with E-state index in [1.165, 1.54) is 26.2 Å². The fourth-order valence-corrected chi connectivity index (χ4v) is 2.53. The van der Waals surface area contributed by atoms with Gasteiger partial charge in [0.15, 0.2) is 0 Å². The van der Waals surface area contributed by atoms with Gasteiger partial charge in [0.2, 0.25) is 0 Å². The zero-order chi connectivity index (χ0) is 15.1. The van der Waals surface area contributed by atoms with E-state index in [2.05, 4.69) is 28.2 Å². The standard InChI is InChI=1S/C16H27N3O2/c1-18-8-10-19(11-9-18)7-6-17-13-14-4-5-15(20-2)12-16(14)21-3/h4-5,12,17H,6-11,13H2,1-3H3. The summed E-state index contributed by atoms with van der Waals surface area (Å²) in [5.74, 6) is 1.70. The van der Waals surface area contributed by atoms with Gasteiger partial charge in [0.25, 0.3) is 0 Å². The second-order valence-corrected chi connectivity index (χ2v) is 5.50. The summed E-state index contributed by atoms with van der Waals surface area (Å²) >= 11 is 0. The van der Waals surface area contributed by atoms with Gasteiger partial charge in [-0.05, 0) is 13.1 Å². The van der Waals surface area contributed by atoms with Crippen molar-refractivity contribution in [3.05, 3.63) is 23.8 Å². The summed E-state index contributed by atoms with van der Waals surface area (Å²) in [6.45, 7) is 7.61. The van der Waals surface area contributed by atoms with Gasteiger partial charge in [-0.15, -0.1) is 0 Å². The number of rotatable bonds is 7. The first-order valence-electron chi connectivity index (χ1n) is 7.55. The minimum Gasteiger partial charge on any atom is -0.497 e. The second kappa shape index (κ2) is 8.22. The van der Waals surface area contributed by atoms with Gasteiger partial charge in [-0.25, -0.2) is 0 Å². The number of ether oxygens (including phenoxy) is 2. The highest BCUT2D eigenvalue weighted by atomic mass is 16.5. The average Bonchev–Trinajstić information content (AvgIpc) is 2.53. The molecule has 1 aliphatic heterocycles. The number of likely N-dealkylation sites (N-methyl/N-ethyl adjacent to an activating group) is 1. The summed E-state index contributed by atoms with van der Waals surface area (Å²) in [5, 5.41) is 3.50. The van der Waals surface area contributed by atoms with E-state index in [-0.39, 0.29) is 0 Å². The molecule has 0 atom stereocenters. The number of nitrogens with zero attached hydrogens (tertiary/aromatic N) is 2. The first-order chi connectivity index (χ1) is 10.2. The normalized spacial score (nSPS) is 16.9. The Hall–Kier alpha value is -1.30. The number of hydrogen-bond donors (Lipinski definition) is 1. The van der Waals surface area contributed by atoms with Crippen LogP contribution in [0.3, 0.4) is 0 Å². The van der Waals surface area contributed by atoms with E-state index in [1.54, 1.807) is 14.2 Å². The maximum Gasteiger partial charge on any atom is 0.127 e. The van der Waals surface area contributed by atoms with Gasteiger partial charge in [-0.3, -0.25) is 4.90 Å². The maximum atomic E-state index is 5.41. The molecule has 0 bridgehead atoms. The average molecular weight is 293 g/mol. The van der Waals surface area contributed by atoms with Crippen molar-refractivity contribution in [3.63, 3.8) is 0 Å². The molecular weight excluding hydrogens is 266 g/mol. The zero-order valence-corrected chi connectivity index (χ0v) is 13.4. The van der Waals surface area contributed by atoms with E-state index >= 15 is 0 Å². The molecule has 0 spiro atoms. The van der Waals surface area contributed by atoms with E-state index in [9.17, 15) is 0 Å². The van der Waals surface area contributed by atoms with Crippen LogP contribution in [0.15, 0.2) is 18.2 Å². The van der Waals surface area contributed by atoms with Crippen LogP contribution in [0.4, 0.5) is 0 Å². The molecule has 0 saturated carbocycles. The zero-order valence-electron chi connectivity index (χ0n) is 13.4. The molecule has 118 valence electrons. The highest BCUT2D eigenvalue weighted by Crippen LogP contribution is 2.24. The van der Waals surface area contributed by atoms with Crippen molar-refractivity contribution in [2.75, 3.05) is 60.5 Å². The number of methoxy groups -OCH3 is 2. The molecule has 0 amide bonds. The third kappa shape index (κ3) is 4.88. The van der Waals surface area contributed by atoms with Crippen LogP contribution in [-0.4, -0.2) is 70.3 Å². The molecule has 1 heterocycles. The number of nitrogens with one attached hydrogen (secondary N) is 1. The maximum absolute atomic E-state index is 5.41. The quantitative estimate of drug-likeness (QED) is 0.760. The third-order valence-electron chi connectivity index (χ3n) is 4.01. The smallest absolute Gasteiger partial charge is 0.127 e. The molecule has 5 heteroatoms. The highest BCUT2D eigenvalue weighted by molar-refractivity contribution is 5.40. The molecule has 0 aromatic heterocycles. The van der Waals surface area contributed by atoms with Gasteiger partial charge in [-0.2, -0.15) is 0 Å². The molecule has 0 radical (unpaired) electrons. The molecule has 1 saturated heterocycles. The van der Waals surface area contributed by atoms with Gasteiger partial charge in [0.1, 0.15) is 11.5 Å². The number of benzene rings is 1. The molecule has 1 N–H and O–H groups in total. The van der Waals surface area contributed by atoms with Gasteiger partial charge in [-0.1, -0.05) is 6.07 Å². The first-order valence-corrected chi connectivity index (χ1v) is 7.55. The van der Waals surface area contributed by atoms with Gasteiger partial charge < -0.3 is 19.7 Å². The molecule has 1 aliphatic rings. The minimum atomic E-state index is 0.820. The lowest BCUT2D eigenvalue weighted by Crippen LogP contribution is -2.46. The topological polar surface area (TPSA) is 37.0 Å². The Morgan fingerprint density at radius 3 is 2.52 bits per heavy atom. The van der Waals surface area contributed by atoms with Gasteiger partial charge in [0.05, 0.1) is 14.2 Å². The minimum absolute atomic E-state index is 0.820. The Morgan fingerprint density at radius 2 is 1.86 bits per heavy atom. The van der Waals surface area contributed by atoms with E-state index in [0.717, 1.165) is 36.7 Å². The number of hydrogen-bond acceptors (Lipinski definition) is 5. The molecule has 2 rings (SSSR count). The van der Waals surface area contributed by atoms with E-state index in [4.69, 9.17) is 9.47 Å². The summed E-state index contributed by atoms with van der Waals surface area (Å²) in [5.41, 5.74) is 1.16. The molecule has 0 aliphatic carbocycles.